The van der Waals surface area contributed by atoms with E-state index in [-0.39, 0.29) is 13.2 Å². The number of esters is 1. The van der Waals surface area contributed by atoms with Gasteiger partial charge in [0.15, 0.2) is 11.7 Å². The lowest BCUT2D eigenvalue weighted by atomic mass is 9.95. The highest BCUT2D eigenvalue weighted by atomic mass is 79.9. The zero-order chi connectivity index (χ0) is 29.2. The Morgan fingerprint density at radius 2 is 1.78 bits per heavy atom. The van der Waals surface area contributed by atoms with Crippen LogP contribution in [0.15, 0.2) is 93.6 Å². The third-order valence-electron chi connectivity index (χ3n) is 5.96. The first-order valence-corrected chi connectivity index (χ1v) is 14.0. The Morgan fingerprint density at radius 1 is 1.05 bits per heavy atom. The van der Waals surface area contributed by atoms with Crippen molar-refractivity contribution in [2.45, 2.75) is 26.5 Å². The maximum absolute atomic E-state index is 12.7. The summed E-state index contributed by atoms with van der Waals surface area (Å²) in [6.07, 6.45) is 1.53. The van der Waals surface area contributed by atoms with Crippen molar-refractivity contribution in [3.8, 4) is 11.5 Å². The Morgan fingerprint density at radius 3 is 2.51 bits per heavy atom. The van der Waals surface area contributed by atoms with Crippen molar-refractivity contribution in [3.63, 3.8) is 0 Å². The highest BCUT2D eigenvalue weighted by Gasteiger charge is 2.32. The SMILES string of the molecule is CCOC(=O)C1=C(C)NC(=S)N[C@@H]1c1ccccc1OCC(=O)NN=Cc1ccc(OCc2ccc(Br)cc2)cc1. The molecule has 41 heavy (non-hydrogen) atoms. The van der Waals surface area contributed by atoms with Crippen LogP contribution in [-0.4, -0.2) is 36.4 Å². The van der Waals surface area contributed by atoms with Crippen LogP contribution in [0.2, 0.25) is 0 Å². The first-order chi connectivity index (χ1) is 19.8. The average Bonchev–Trinajstić information content (AvgIpc) is 2.96. The molecule has 3 aromatic carbocycles. The first-order valence-electron chi connectivity index (χ1n) is 12.8. The summed E-state index contributed by atoms with van der Waals surface area (Å²) in [5, 5.41) is 10.4. The summed E-state index contributed by atoms with van der Waals surface area (Å²) in [7, 11) is 0. The van der Waals surface area contributed by atoms with Gasteiger partial charge in [-0.25, -0.2) is 10.2 Å². The standard InChI is InChI=1S/C30H29BrN4O5S/c1-3-38-29(37)27-19(2)33-30(41)34-28(27)24-6-4-5-7-25(24)40-18-26(36)35-32-16-20-10-14-23(15-11-20)39-17-21-8-12-22(31)13-9-21/h4-16,28H,3,17-18H2,1-2H3,(H,35,36)(H2,33,34,41)/t28-/m1/s1. The minimum Gasteiger partial charge on any atom is -0.489 e. The summed E-state index contributed by atoms with van der Waals surface area (Å²) >= 11 is 8.73. The Bertz CT molecular complexity index is 1460. The number of halogens is 1. The average molecular weight is 638 g/mol. The Labute approximate surface area is 252 Å². The molecule has 0 spiro atoms. The molecule has 1 aliphatic rings. The van der Waals surface area contributed by atoms with E-state index in [9.17, 15) is 9.59 Å². The topological polar surface area (TPSA) is 110 Å². The molecule has 3 N–H and O–H groups in total. The number of benzene rings is 3. The highest BCUT2D eigenvalue weighted by Crippen LogP contribution is 2.33. The molecule has 3 aromatic rings. The van der Waals surface area contributed by atoms with Gasteiger partial charge in [-0.3, -0.25) is 4.79 Å². The van der Waals surface area contributed by atoms with Crippen LogP contribution < -0.4 is 25.5 Å². The van der Waals surface area contributed by atoms with E-state index in [1.165, 1.54) is 6.21 Å². The fourth-order valence-electron chi connectivity index (χ4n) is 4.01. The van der Waals surface area contributed by atoms with Crippen molar-refractivity contribution >= 4 is 51.4 Å². The number of nitrogens with one attached hydrogen (secondary N) is 3. The molecule has 4 rings (SSSR count). The molecule has 0 saturated heterocycles. The second-order valence-corrected chi connectivity index (χ2v) is 10.2. The lowest BCUT2D eigenvalue weighted by molar-refractivity contribution is -0.139. The van der Waals surface area contributed by atoms with Crippen molar-refractivity contribution < 1.29 is 23.8 Å². The fraction of sp³-hybridized carbons (Fsp3) is 0.200. The summed E-state index contributed by atoms with van der Waals surface area (Å²) in [4.78, 5) is 25.1. The van der Waals surface area contributed by atoms with E-state index in [0.29, 0.717) is 34.3 Å². The van der Waals surface area contributed by atoms with Gasteiger partial charge < -0.3 is 24.8 Å². The normalized spacial score (nSPS) is 14.7. The van der Waals surface area contributed by atoms with E-state index < -0.39 is 17.9 Å². The van der Waals surface area contributed by atoms with Crippen molar-refractivity contribution in [1.82, 2.24) is 16.1 Å². The second-order valence-electron chi connectivity index (χ2n) is 8.89. The summed E-state index contributed by atoms with van der Waals surface area (Å²) in [5.74, 6) is 0.226. The highest BCUT2D eigenvalue weighted by molar-refractivity contribution is 9.10. The molecular formula is C30H29BrN4O5S. The molecule has 1 amide bonds. The predicted molar refractivity (Wildman–Crippen MR) is 164 cm³/mol. The summed E-state index contributed by atoms with van der Waals surface area (Å²) < 4.78 is 17.9. The molecule has 0 fully saturated rings. The summed E-state index contributed by atoms with van der Waals surface area (Å²) in [6, 6.07) is 21.8. The molecule has 9 nitrogen and oxygen atoms in total. The molecule has 1 heterocycles. The number of carbonyl (C=O) groups excluding carboxylic acids is 2. The quantitative estimate of drug-likeness (QED) is 0.118. The van der Waals surface area contributed by atoms with E-state index in [1.807, 2.05) is 54.6 Å². The number of allylic oxidation sites excluding steroid dienone is 1. The van der Waals surface area contributed by atoms with Crippen LogP contribution in [0, 0.1) is 0 Å². The molecule has 1 atom stereocenters. The van der Waals surface area contributed by atoms with E-state index in [4.69, 9.17) is 26.4 Å². The number of hydrazone groups is 1. The molecule has 0 unspecified atom stereocenters. The number of carbonyl (C=O) groups is 2. The van der Waals surface area contributed by atoms with Gasteiger partial charge in [0, 0.05) is 15.7 Å². The van der Waals surface area contributed by atoms with Gasteiger partial charge in [0.05, 0.1) is 24.4 Å². The van der Waals surface area contributed by atoms with Gasteiger partial charge in [-0.1, -0.05) is 46.3 Å². The molecule has 0 radical (unpaired) electrons. The van der Waals surface area contributed by atoms with Gasteiger partial charge >= 0.3 is 5.97 Å². The van der Waals surface area contributed by atoms with Gasteiger partial charge in [0.2, 0.25) is 0 Å². The van der Waals surface area contributed by atoms with Crippen LogP contribution in [0.3, 0.4) is 0 Å². The third-order valence-corrected chi connectivity index (χ3v) is 6.70. The number of hydrogen-bond acceptors (Lipinski definition) is 7. The summed E-state index contributed by atoms with van der Waals surface area (Å²) in [5.41, 5.74) is 5.92. The van der Waals surface area contributed by atoms with Crippen molar-refractivity contribution in [2.75, 3.05) is 13.2 Å². The molecule has 0 aromatic heterocycles. The summed E-state index contributed by atoms with van der Waals surface area (Å²) in [6.45, 7) is 3.90. The fourth-order valence-corrected chi connectivity index (χ4v) is 4.54. The molecular weight excluding hydrogens is 608 g/mol. The Hall–Kier alpha value is -4.22. The minimum atomic E-state index is -0.609. The molecule has 1 aliphatic heterocycles. The largest absolute Gasteiger partial charge is 0.489 e. The number of rotatable bonds is 11. The molecule has 11 heteroatoms. The Balaban J connectivity index is 1.32. The van der Waals surface area contributed by atoms with E-state index in [2.05, 4.69) is 37.1 Å². The zero-order valence-electron chi connectivity index (χ0n) is 22.5. The van der Waals surface area contributed by atoms with Crippen LogP contribution >= 0.6 is 28.1 Å². The van der Waals surface area contributed by atoms with Crippen LogP contribution in [0.4, 0.5) is 0 Å². The molecule has 0 saturated carbocycles. The number of amides is 1. The number of thiocarbonyl (C=S) groups is 1. The minimum absolute atomic E-state index is 0.232. The van der Waals surface area contributed by atoms with Crippen molar-refractivity contribution in [2.24, 2.45) is 5.10 Å². The number of para-hydroxylation sites is 1. The Kier molecular flexibility index (Phi) is 10.5. The first kappa shape index (κ1) is 29.8. The number of ether oxygens (including phenoxy) is 3. The van der Waals surface area contributed by atoms with Crippen LogP contribution in [0.25, 0.3) is 0 Å². The third kappa shape index (κ3) is 8.38. The maximum Gasteiger partial charge on any atom is 0.338 e. The lowest BCUT2D eigenvalue weighted by Crippen LogP contribution is -2.45. The molecule has 0 aliphatic carbocycles. The van der Waals surface area contributed by atoms with Gasteiger partial charge in [0.1, 0.15) is 18.1 Å². The van der Waals surface area contributed by atoms with Crippen LogP contribution in [0.1, 0.15) is 36.6 Å². The zero-order valence-corrected chi connectivity index (χ0v) is 24.9. The lowest BCUT2D eigenvalue weighted by Gasteiger charge is -2.30. The number of nitrogens with zero attached hydrogens (tertiary/aromatic N) is 1. The van der Waals surface area contributed by atoms with Gasteiger partial charge in [-0.2, -0.15) is 5.10 Å². The molecule has 212 valence electrons. The van der Waals surface area contributed by atoms with Gasteiger partial charge in [-0.05, 0) is 79.7 Å². The smallest absolute Gasteiger partial charge is 0.338 e. The molecule has 0 bridgehead atoms. The second kappa shape index (κ2) is 14.4. The number of hydrogen-bond donors (Lipinski definition) is 3. The van der Waals surface area contributed by atoms with Crippen molar-refractivity contribution in [1.29, 1.82) is 0 Å². The van der Waals surface area contributed by atoms with Gasteiger partial charge in [-0.15, -0.1) is 0 Å². The van der Waals surface area contributed by atoms with E-state index in [1.54, 1.807) is 32.0 Å². The maximum atomic E-state index is 12.7. The van der Waals surface area contributed by atoms with Crippen LogP contribution in [0.5, 0.6) is 11.5 Å². The van der Waals surface area contributed by atoms with E-state index >= 15 is 0 Å². The predicted octanol–water partition coefficient (Wildman–Crippen LogP) is 4.91. The van der Waals surface area contributed by atoms with Gasteiger partial charge in [0.25, 0.3) is 5.91 Å². The van der Waals surface area contributed by atoms with Crippen LogP contribution in [-0.2, 0) is 20.9 Å². The van der Waals surface area contributed by atoms with Crippen molar-refractivity contribution in [3.05, 3.63) is 105 Å². The van der Waals surface area contributed by atoms with E-state index in [0.717, 1.165) is 21.3 Å². The monoisotopic (exact) mass is 636 g/mol.